The molecule has 0 spiro atoms. The van der Waals surface area contributed by atoms with Crippen molar-refractivity contribution in [3.63, 3.8) is 0 Å². The number of allylic oxidation sites excluding steroid dienone is 3. The summed E-state index contributed by atoms with van der Waals surface area (Å²) in [6.45, 7) is 4.60. The smallest absolute Gasteiger partial charge is 0.0572 e. The van der Waals surface area contributed by atoms with Gasteiger partial charge in [0.05, 0.1) is 6.61 Å². The molecule has 0 aliphatic rings. The minimum Gasteiger partial charge on any atom is -0.384 e. The average molecular weight is 240 g/mol. The van der Waals surface area contributed by atoms with Crippen LogP contribution in [0, 0.1) is 12.3 Å². The van der Waals surface area contributed by atoms with E-state index in [1.165, 1.54) is 5.56 Å². The molecule has 1 rings (SSSR count). The van der Waals surface area contributed by atoms with Gasteiger partial charge in [-0.15, -0.1) is 6.42 Å². The van der Waals surface area contributed by atoms with E-state index >= 15 is 0 Å². The van der Waals surface area contributed by atoms with E-state index < -0.39 is 0 Å². The SMILES string of the molecule is C#C/C(C)=C(\C=C/C)C(COC)c1ccccc1. The van der Waals surface area contributed by atoms with E-state index in [-0.39, 0.29) is 5.92 Å². The van der Waals surface area contributed by atoms with Gasteiger partial charge in [-0.05, 0) is 25.0 Å². The van der Waals surface area contributed by atoms with Gasteiger partial charge in [0.15, 0.2) is 0 Å². The Bertz CT molecular complexity index is 460. The lowest BCUT2D eigenvalue weighted by Crippen LogP contribution is -2.09. The minimum atomic E-state index is 0.184. The van der Waals surface area contributed by atoms with Gasteiger partial charge in [-0.2, -0.15) is 0 Å². The Morgan fingerprint density at radius 3 is 2.56 bits per heavy atom. The van der Waals surface area contributed by atoms with Crippen LogP contribution in [0.4, 0.5) is 0 Å². The molecule has 0 N–H and O–H groups in total. The number of hydrogen-bond donors (Lipinski definition) is 0. The van der Waals surface area contributed by atoms with E-state index in [9.17, 15) is 0 Å². The fourth-order valence-corrected chi connectivity index (χ4v) is 1.98. The summed E-state index contributed by atoms with van der Waals surface area (Å²) in [5.41, 5.74) is 3.33. The van der Waals surface area contributed by atoms with E-state index in [0.29, 0.717) is 6.61 Å². The standard InChI is InChI=1S/C17H20O/c1-5-10-16(14(3)6-2)17(13-18-4)15-11-8-7-9-12-15/h2,5,7-12,17H,13H2,1,3-4H3/b10-5-,16-14+. The predicted molar refractivity (Wildman–Crippen MR) is 77.4 cm³/mol. The molecule has 0 aromatic heterocycles. The van der Waals surface area contributed by atoms with Crippen LogP contribution in [0.25, 0.3) is 0 Å². The summed E-state index contributed by atoms with van der Waals surface area (Å²) in [7, 11) is 1.72. The van der Waals surface area contributed by atoms with Crippen molar-refractivity contribution in [3.05, 3.63) is 59.2 Å². The molecule has 0 aliphatic carbocycles. The van der Waals surface area contributed by atoms with Crippen molar-refractivity contribution in [2.45, 2.75) is 19.8 Å². The summed E-state index contributed by atoms with van der Waals surface area (Å²) in [5, 5.41) is 0. The lowest BCUT2D eigenvalue weighted by molar-refractivity contribution is 0.189. The molecule has 0 bridgehead atoms. The fraction of sp³-hybridized carbons (Fsp3) is 0.294. The highest BCUT2D eigenvalue weighted by molar-refractivity contribution is 5.43. The summed E-state index contributed by atoms with van der Waals surface area (Å²) >= 11 is 0. The van der Waals surface area contributed by atoms with Crippen molar-refractivity contribution < 1.29 is 4.74 Å². The third-order valence-corrected chi connectivity index (χ3v) is 2.91. The van der Waals surface area contributed by atoms with Crippen LogP contribution in [-0.2, 0) is 4.74 Å². The first-order valence-corrected chi connectivity index (χ1v) is 6.08. The molecule has 1 atom stereocenters. The third kappa shape index (κ3) is 3.61. The van der Waals surface area contributed by atoms with Crippen molar-refractivity contribution >= 4 is 0 Å². The number of benzene rings is 1. The second-order valence-corrected chi connectivity index (χ2v) is 4.14. The lowest BCUT2D eigenvalue weighted by Gasteiger charge is -2.19. The van der Waals surface area contributed by atoms with Crippen LogP contribution in [0.3, 0.4) is 0 Å². The quantitative estimate of drug-likeness (QED) is 0.559. The Kier molecular flexibility index (Phi) is 5.97. The largest absolute Gasteiger partial charge is 0.384 e. The van der Waals surface area contributed by atoms with Crippen molar-refractivity contribution in [1.29, 1.82) is 0 Å². The molecule has 0 saturated heterocycles. The highest BCUT2D eigenvalue weighted by Crippen LogP contribution is 2.28. The second kappa shape index (κ2) is 7.53. The first kappa shape index (κ1) is 14.3. The zero-order valence-corrected chi connectivity index (χ0v) is 11.3. The highest BCUT2D eigenvalue weighted by Gasteiger charge is 2.16. The maximum atomic E-state index is 5.53. The van der Waals surface area contributed by atoms with Gasteiger partial charge in [0.2, 0.25) is 0 Å². The third-order valence-electron chi connectivity index (χ3n) is 2.91. The summed E-state index contributed by atoms with van der Waals surface area (Å²) in [6.07, 6.45) is 9.62. The van der Waals surface area contributed by atoms with Gasteiger partial charge in [0.25, 0.3) is 0 Å². The predicted octanol–water partition coefficient (Wildman–Crippen LogP) is 3.94. The van der Waals surface area contributed by atoms with Gasteiger partial charge >= 0.3 is 0 Å². The first-order chi connectivity index (χ1) is 8.74. The van der Waals surface area contributed by atoms with E-state index in [2.05, 4.69) is 24.1 Å². The minimum absolute atomic E-state index is 0.184. The topological polar surface area (TPSA) is 9.23 Å². The molecule has 0 heterocycles. The van der Waals surface area contributed by atoms with Crippen LogP contribution in [0.5, 0.6) is 0 Å². The number of terminal acetylenes is 1. The maximum Gasteiger partial charge on any atom is 0.0572 e. The van der Waals surface area contributed by atoms with Crippen LogP contribution < -0.4 is 0 Å². The van der Waals surface area contributed by atoms with Crippen molar-refractivity contribution in [2.75, 3.05) is 13.7 Å². The lowest BCUT2D eigenvalue weighted by atomic mass is 9.88. The Balaban J connectivity index is 3.23. The molecule has 0 fully saturated rings. The number of ether oxygens (including phenoxy) is 1. The summed E-state index contributed by atoms with van der Waals surface area (Å²) in [4.78, 5) is 0. The van der Waals surface area contributed by atoms with Gasteiger partial charge in [-0.25, -0.2) is 0 Å². The fourth-order valence-electron chi connectivity index (χ4n) is 1.98. The summed E-state index contributed by atoms with van der Waals surface area (Å²) < 4.78 is 5.34. The number of methoxy groups -OCH3 is 1. The molecule has 1 nitrogen and oxygen atoms in total. The van der Waals surface area contributed by atoms with Crippen molar-refractivity contribution in [2.24, 2.45) is 0 Å². The summed E-state index contributed by atoms with van der Waals surface area (Å²) in [5.74, 6) is 2.92. The Morgan fingerprint density at radius 2 is 2.06 bits per heavy atom. The van der Waals surface area contributed by atoms with Crippen LogP contribution in [0.1, 0.15) is 25.3 Å². The zero-order valence-electron chi connectivity index (χ0n) is 11.3. The Labute approximate surface area is 110 Å². The van der Waals surface area contributed by atoms with Crippen LogP contribution >= 0.6 is 0 Å². The average Bonchev–Trinajstić information content (AvgIpc) is 2.43. The van der Waals surface area contributed by atoms with Crippen LogP contribution in [0.2, 0.25) is 0 Å². The molecule has 1 aromatic rings. The molecular weight excluding hydrogens is 220 g/mol. The molecule has 1 unspecified atom stereocenters. The Morgan fingerprint density at radius 1 is 1.39 bits per heavy atom. The second-order valence-electron chi connectivity index (χ2n) is 4.14. The highest BCUT2D eigenvalue weighted by atomic mass is 16.5. The molecule has 0 aliphatic heterocycles. The van der Waals surface area contributed by atoms with Crippen molar-refractivity contribution in [3.8, 4) is 12.3 Å². The number of rotatable bonds is 5. The first-order valence-electron chi connectivity index (χ1n) is 6.08. The van der Waals surface area contributed by atoms with Gasteiger partial charge < -0.3 is 4.74 Å². The molecule has 0 saturated carbocycles. The molecule has 1 aromatic carbocycles. The van der Waals surface area contributed by atoms with E-state index in [1.54, 1.807) is 7.11 Å². The molecular formula is C17H20O. The van der Waals surface area contributed by atoms with Gasteiger partial charge in [-0.1, -0.05) is 48.4 Å². The van der Waals surface area contributed by atoms with Crippen LogP contribution in [-0.4, -0.2) is 13.7 Å². The van der Waals surface area contributed by atoms with E-state index in [1.807, 2.05) is 38.1 Å². The van der Waals surface area contributed by atoms with Gasteiger partial charge in [0, 0.05) is 18.6 Å². The van der Waals surface area contributed by atoms with E-state index in [0.717, 1.165) is 11.1 Å². The van der Waals surface area contributed by atoms with Crippen LogP contribution in [0.15, 0.2) is 53.6 Å². The zero-order chi connectivity index (χ0) is 13.4. The monoisotopic (exact) mass is 240 g/mol. The normalized spacial score (nSPS) is 14.1. The number of hydrogen-bond acceptors (Lipinski definition) is 1. The summed E-state index contributed by atoms with van der Waals surface area (Å²) in [6, 6.07) is 10.3. The maximum absolute atomic E-state index is 5.53. The molecule has 94 valence electrons. The van der Waals surface area contributed by atoms with Crippen molar-refractivity contribution in [1.82, 2.24) is 0 Å². The molecule has 1 heteroatoms. The molecule has 18 heavy (non-hydrogen) atoms. The van der Waals surface area contributed by atoms with E-state index in [4.69, 9.17) is 11.2 Å². The molecule has 0 radical (unpaired) electrons. The van der Waals surface area contributed by atoms with Gasteiger partial charge in [0.1, 0.15) is 0 Å². The van der Waals surface area contributed by atoms with Gasteiger partial charge in [-0.3, -0.25) is 0 Å². The Hall–Kier alpha value is -1.78. The molecule has 0 amide bonds.